The predicted octanol–water partition coefficient (Wildman–Crippen LogP) is 7.17. The third-order valence-electron chi connectivity index (χ3n) is 7.35. The quantitative estimate of drug-likeness (QED) is 0.244. The molecular weight excluding hydrogens is 442 g/mol. The molecule has 0 aromatic heterocycles. The van der Waals surface area contributed by atoms with Crippen molar-refractivity contribution in [2.75, 3.05) is 7.11 Å². The summed E-state index contributed by atoms with van der Waals surface area (Å²) in [6, 6.07) is 25.2. The van der Waals surface area contributed by atoms with Gasteiger partial charge in [0.25, 0.3) is 0 Å². The first-order valence-corrected chi connectivity index (χ1v) is 12.5. The van der Waals surface area contributed by atoms with E-state index in [0.717, 1.165) is 29.7 Å². The third kappa shape index (κ3) is 4.15. The number of nitrogens with zero attached hydrogens (tertiary/aromatic N) is 1. The van der Waals surface area contributed by atoms with Crippen LogP contribution in [0.2, 0.25) is 0 Å². The number of aliphatic imine (C=N–C) groups is 1. The van der Waals surface area contributed by atoms with Crippen molar-refractivity contribution in [3.63, 3.8) is 0 Å². The van der Waals surface area contributed by atoms with Gasteiger partial charge in [0.1, 0.15) is 5.75 Å². The number of methoxy groups -OCH3 is 1. The van der Waals surface area contributed by atoms with Crippen LogP contribution in [-0.2, 0) is 11.8 Å². The molecule has 0 saturated carbocycles. The first-order chi connectivity index (χ1) is 17.6. The predicted molar refractivity (Wildman–Crippen MR) is 148 cm³/mol. The Bertz CT molecular complexity index is 1340. The number of fused-ring (bicyclic) bond motifs is 1. The lowest BCUT2D eigenvalue weighted by molar-refractivity contribution is 0.0998. The number of carbonyl (C=O) groups excluding carboxylic acids is 1. The van der Waals surface area contributed by atoms with Gasteiger partial charge in [0, 0.05) is 5.71 Å². The number of benzene rings is 3. The van der Waals surface area contributed by atoms with Gasteiger partial charge in [-0.05, 0) is 58.9 Å². The first kappa shape index (κ1) is 23.7. The molecule has 3 aromatic carbocycles. The van der Waals surface area contributed by atoms with E-state index in [2.05, 4.69) is 79.2 Å². The highest BCUT2D eigenvalue weighted by Gasteiger charge is 2.37. The lowest BCUT2D eigenvalue weighted by Gasteiger charge is -2.34. The van der Waals surface area contributed by atoms with Gasteiger partial charge in [0.05, 0.1) is 30.6 Å². The lowest BCUT2D eigenvalue weighted by Crippen LogP contribution is -2.28. The summed E-state index contributed by atoms with van der Waals surface area (Å²) >= 11 is 0. The lowest BCUT2D eigenvalue weighted by atomic mass is 9.68. The summed E-state index contributed by atoms with van der Waals surface area (Å²) in [5.41, 5.74) is 6.76. The maximum atomic E-state index is 13.3. The Morgan fingerprint density at radius 2 is 1.75 bits per heavy atom. The average Bonchev–Trinajstić information content (AvgIpc) is 3.56. The van der Waals surface area contributed by atoms with Crippen LogP contribution >= 0.6 is 0 Å². The van der Waals surface area contributed by atoms with Gasteiger partial charge in [0.15, 0.2) is 5.78 Å². The molecule has 5 rings (SSSR count). The summed E-state index contributed by atoms with van der Waals surface area (Å²) in [6.45, 7) is 6.41. The Morgan fingerprint density at radius 3 is 2.31 bits per heavy atom. The molecule has 2 aliphatic rings. The zero-order valence-electron chi connectivity index (χ0n) is 20.9. The van der Waals surface area contributed by atoms with Crippen LogP contribution in [0.5, 0.6) is 5.75 Å². The van der Waals surface area contributed by atoms with E-state index in [1.165, 1.54) is 16.7 Å². The van der Waals surface area contributed by atoms with E-state index in [9.17, 15) is 4.79 Å². The second-order valence-electron chi connectivity index (χ2n) is 9.40. The van der Waals surface area contributed by atoms with Gasteiger partial charge in [-0.15, -0.1) is 6.58 Å². The zero-order chi connectivity index (χ0) is 25.1. The molecule has 0 fully saturated rings. The van der Waals surface area contributed by atoms with Crippen molar-refractivity contribution in [1.82, 2.24) is 0 Å². The Kier molecular flexibility index (Phi) is 6.56. The van der Waals surface area contributed by atoms with E-state index in [1.807, 2.05) is 36.4 Å². The first-order valence-electron chi connectivity index (χ1n) is 12.5. The molecule has 1 atom stereocenters. The molecule has 3 nitrogen and oxygen atoms in total. The number of ether oxygens (including phenoxy) is 1. The van der Waals surface area contributed by atoms with Crippen molar-refractivity contribution in [2.45, 2.75) is 37.6 Å². The number of carbonyl (C=O) groups is 1. The van der Waals surface area contributed by atoms with Crippen LogP contribution in [0.25, 0.3) is 6.08 Å². The summed E-state index contributed by atoms with van der Waals surface area (Å²) in [6.07, 6.45) is 10.3. The Hall–Kier alpha value is -3.98. The average molecular weight is 474 g/mol. The van der Waals surface area contributed by atoms with E-state index in [-0.39, 0.29) is 18.2 Å². The number of hydrogen-bond donors (Lipinski definition) is 0. The maximum Gasteiger partial charge on any atom is 0.172 e. The van der Waals surface area contributed by atoms with E-state index < -0.39 is 5.41 Å². The molecular formula is C33H31NO2. The normalized spacial score (nSPS) is 16.3. The van der Waals surface area contributed by atoms with E-state index >= 15 is 0 Å². The SMILES string of the molecule is C=CC(C1=Cc2cc(OC)c(C(=O)CC3=NC(CC)C=C3)cc2C1)(c1ccccc1)c1ccccc1. The van der Waals surface area contributed by atoms with Gasteiger partial charge in [-0.2, -0.15) is 0 Å². The van der Waals surface area contributed by atoms with E-state index in [4.69, 9.17) is 4.74 Å². The molecule has 0 amide bonds. The third-order valence-corrected chi connectivity index (χ3v) is 7.35. The number of hydrogen-bond acceptors (Lipinski definition) is 3. The fraction of sp³-hybridized carbons (Fsp3) is 0.212. The van der Waals surface area contributed by atoms with Crippen LogP contribution in [0.1, 0.15) is 52.4 Å². The van der Waals surface area contributed by atoms with Crippen LogP contribution in [0.4, 0.5) is 0 Å². The van der Waals surface area contributed by atoms with Crippen LogP contribution < -0.4 is 4.74 Å². The molecule has 180 valence electrons. The van der Waals surface area contributed by atoms with E-state index in [1.54, 1.807) is 7.11 Å². The van der Waals surface area contributed by atoms with Gasteiger partial charge >= 0.3 is 0 Å². The second kappa shape index (κ2) is 9.94. The van der Waals surface area contributed by atoms with Gasteiger partial charge in [-0.3, -0.25) is 9.79 Å². The number of allylic oxidation sites excluding steroid dienone is 3. The van der Waals surface area contributed by atoms with Crippen LogP contribution in [0.3, 0.4) is 0 Å². The summed E-state index contributed by atoms with van der Waals surface area (Å²) in [4.78, 5) is 18.0. The van der Waals surface area contributed by atoms with Crippen molar-refractivity contribution >= 4 is 17.6 Å². The minimum Gasteiger partial charge on any atom is -0.496 e. The van der Waals surface area contributed by atoms with Gasteiger partial charge in [0.2, 0.25) is 0 Å². The Balaban J connectivity index is 1.53. The monoisotopic (exact) mass is 473 g/mol. The molecule has 0 radical (unpaired) electrons. The van der Waals surface area contributed by atoms with Gasteiger partial charge in [-0.1, -0.05) is 85.8 Å². The highest BCUT2D eigenvalue weighted by Crippen LogP contribution is 2.46. The van der Waals surface area contributed by atoms with Gasteiger partial charge in [-0.25, -0.2) is 0 Å². The Morgan fingerprint density at radius 1 is 1.08 bits per heavy atom. The fourth-order valence-electron chi connectivity index (χ4n) is 5.43. The molecule has 0 N–H and O–H groups in total. The molecule has 1 aliphatic heterocycles. The van der Waals surface area contributed by atoms with E-state index in [0.29, 0.717) is 11.3 Å². The largest absolute Gasteiger partial charge is 0.496 e. The highest BCUT2D eigenvalue weighted by atomic mass is 16.5. The van der Waals surface area contributed by atoms with Crippen molar-refractivity contribution in [3.05, 3.63) is 131 Å². The maximum absolute atomic E-state index is 13.3. The molecule has 3 aromatic rings. The topological polar surface area (TPSA) is 38.7 Å². The fourth-order valence-corrected chi connectivity index (χ4v) is 5.43. The number of rotatable bonds is 9. The summed E-state index contributed by atoms with van der Waals surface area (Å²) < 4.78 is 5.69. The second-order valence-corrected chi connectivity index (χ2v) is 9.40. The summed E-state index contributed by atoms with van der Waals surface area (Å²) in [5.74, 6) is 0.638. The molecule has 1 unspecified atom stereocenters. The van der Waals surface area contributed by atoms with Crippen molar-refractivity contribution in [1.29, 1.82) is 0 Å². The molecule has 3 heteroatoms. The smallest absolute Gasteiger partial charge is 0.172 e. The van der Waals surface area contributed by atoms with Crippen molar-refractivity contribution < 1.29 is 9.53 Å². The number of Topliss-reactive ketones (excluding diaryl/α,β-unsaturated/α-hetero) is 1. The summed E-state index contributed by atoms with van der Waals surface area (Å²) in [7, 11) is 1.63. The van der Waals surface area contributed by atoms with Crippen molar-refractivity contribution in [3.8, 4) is 5.75 Å². The molecule has 0 saturated heterocycles. The van der Waals surface area contributed by atoms with Crippen LogP contribution in [0, 0.1) is 0 Å². The molecule has 0 spiro atoms. The molecule has 0 bridgehead atoms. The summed E-state index contributed by atoms with van der Waals surface area (Å²) in [5, 5.41) is 0. The Labute approximate surface area is 213 Å². The van der Waals surface area contributed by atoms with Crippen molar-refractivity contribution in [2.24, 2.45) is 4.99 Å². The minimum atomic E-state index is -0.475. The molecule has 1 heterocycles. The van der Waals surface area contributed by atoms with Crippen LogP contribution in [-0.4, -0.2) is 24.6 Å². The van der Waals surface area contributed by atoms with Crippen LogP contribution in [0.15, 0.2) is 108 Å². The molecule has 36 heavy (non-hydrogen) atoms. The number of ketones is 1. The van der Waals surface area contributed by atoms with Gasteiger partial charge < -0.3 is 4.74 Å². The molecule has 1 aliphatic carbocycles. The standard InChI is InChI=1S/C33H31NO2/c1-4-28-16-17-29(34-28)22-31(35)30-20-23-18-27(19-24(23)21-32(30)36-3)33(5-2,25-12-8-6-9-13-25)26-14-10-7-11-15-26/h5-17,19-21,28H,2,4,18,22H2,1,3H3. The zero-order valence-corrected chi connectivity index (χ0v) is 20.9. The minimum absolute atomic E-state index is 0.0318. The highest BCUT2D eigenvalue weighted by molar-refractivity contribution is 6.15.